The molecule has 4 nitrogen and oxygen atoms in total. The largest absolute Gasteiger partial charge is 0.279 e. The number of anilines is 1. The van der Waals surface area contributed by atoms with Gasteiger partial charge in [-0.2, -0.15) is 0 Å². The Morgan fingerprint density at radius 3 is 2.61 bits per heavy atom. The van der Waals surface area contributed by atoms with Gasteiger partial charge in [-0.15, -0.1) is 0 Å². The van der Waals surface area contributed by atoms with E-state index >= 15 is 0 Å². The van der Waals surface area contributed by atoms with Gasteiger partial charge in [0.2, 0.25) is 0 Å². The molecule has 1 N–H and O–H groups in total. The molecule has 2 aromatic rings. The van der Waals surface area contributed by atoms with Gasteiger partial charge >= 0.3 is 0 Å². The second-order valence-corrected chi connectivity index (χ2v) is 5.78. The molecule has 0 spiro atoms. The van der Waals surface area contributed by atoms with E-state index < -0.39 is 10.0 Å². The smallest absolute Gasteiger partial charge is 0.262 e. The summed E-state index contributed by atoms with van der Waals surface area (Å²) in [6.45, 7) is 1.74. The van der Waals surface area contributed by atoms with Gasteiger partial charge in [0.05, 0.1) is 10.6 Å². The van der Waals surface area contributed by atoms with Crippen LogP contribution in [-0.4, -0.2) is 13.4 Å². The lowest BCUT2D eigenvalue weighted by Crippen LogP contribution is -2.14. The Kier molecular flexibility index (Phi) is 3.54. The Hall–Kier alpha value is -1.59. The van der Waals surface area contributed by atoms with Gasteiger partial charge < -0.3 is 0 Å². The van der Waals surface area contributed by atoms with Crippen molar-refractivity contribution in [1.82, 2.24) is 4.98 Å². The molecule has 1 aromatic carbocycles. The van der Waals surface area contributed by atoms with Gasteiger partial charge in [0.25, 0.3) is 10.0 Å². The predicted octanol–water partition coefficient (Wildman–Crippen LogP) is 2.84. The Balaban J connectivity index is 2.37. The molecular formula is C12H11ClN2O2S. The van der Waals surface area contributed by atoms with E-state index in [-0.39, 0.29) is 10.0 Å². The van der Waals surface area contributed by atoms with Crippen LogP contribution in [0.25, 0.3) is 0 Å². The summed E-state index contributed by atoms with van der Waals surface area (Å²) in [7, 11) is -3.60. The number of nitrogens with zero attached hydrogens (tertiary/aromatic N) is 1. The Bertz CT molecular complexity index is 671. The molecule has 0 saturated heterocycles. The number of sulfonamides is 1. The van der Waals surface area contributed by atoms with Crippen LogP contribution in [0.3, 0.4) is 0 Å². The zero-order valence-corrected chi connectivity index (χ0v) is 11.2. The van der Waals surface area contributed by atoms with E-state index in [1.807, 2.05) is 0 Å². The minimum Gasteiger partial charge on any atom is -0.279 e. The van der Waals surface area contributed by atoms with Crippen LogP contribution < -0.4 is 4.72 Å². The van der Waals surface area contributed by atoms with Crippen molar-refractivity contribution in [3.8, 4) is 0 Å². The molecule has 0 aliphatic rings. The number of pyridine rings is 1. The van der Waals surface area contributed by atoms with Crippen LogP contribution in [0.2, 0.25) is 5.15 Å². The van der Waals surface area contributed by atoms with Crippen LogP contribution >= 0.6 is 11.6 Å². The van der Waals surface area contributed by atoms with Crippen molar-refractivity contribution in [3.05, 3.63) is 53.3 Å². The molecule has 0 saturated carbocycles. The third kappa shape index (κ3) is 2.80. The summed E-state index contributed by atoms with van der Waals surface area (Å²) in [6, 6.07) is 9.77. The number of nitrogens with one attached hydrogen (secondary N) is 1. The number of hydrogen-bond acceptors (Lipinski definition) is 3. The van der Waals surface area contributed by atoms with Crippen LogP contribution in [0.1, 0.15) is 5.56 Å². The Morgan fingerprint density at radius 2 is 1.94 bits per heavy atom. The van der Waals surface area contributed by atoms with Crippen molar-refractivity contribution in [2.75, 3.05) is 4.72 Å². The SMILES string of the molecule is Cc1ccccc1S(=O)(=O)Nc1ccnc(Cl)c1. The molecular weight excluding hydrogens is 272 g/mol. The molecule has 6 heteroatoms. The maximum absolute atomic E-state index is 12.2. The fourth-order valence-corrected chi connectivity index (χ4v) is 3.00. The normalized spacial score (nSPS) is 11.2. The molecule has 0 radical (unpaired) electrons. The minimum atomic E-state index is -3.60. The van der Waals surface area contributed by atoms with E-state index in [4.69, 9.17) is 11.6 Å². The van der Waals surface area contributed by atoms with Gasteiger partial charge in [-0.3, -0.25) is 4.72 Å². The number of hydrogen-bond donors (Lipinski definition) is 1. The third-order valence-electron chi connectivity index (χ3n) is 2.36. The number of benzene rings is 1. The first-order valence-electron chi connectivity index (χ1n) is 5.19. The monoisotopic (exact) mass is 282 g/mol. The van der Waals surface area contributed by atoms with Crippen LogP contribution in [-0.2, 0) is 10.0 Å². The summed E-state index contributed by atoms with van der Waals surface area (Å²) in [5, 5.41) is 0.236. The lowest BCUT2D eigenvalue weighted by atomic mass is 10.2. The van der Waals surface area contributed by atoms with Crippen LogP contribution in [0.5, 0.6) is 0 Å². The fourth-order valence-electron chi connectivity index (χ4n) is 1.53. The van der Waals surface area contributed by atoms with E-state index in [0.717, 1.165) is 0 Å². The summed E-state index contributed by atoms with van der Waals surface area (Å²) in [6.07, 6.45) is 1.44. The first-order chi connectivity index (χ1) is 8.49. The van der Waals surface area contributed by atoms with Gasteiger partial charge in [0.15, 0.2) is 0 Å². The second-order valence-electron chi connectivity index (χ2n) is 3.74. The Labute approximate surface area is 111 Å². The molecule has 0 unspecified atom stereocenters. The quantitative estimate of drug-likeness (QED) is 0.881. The van der Waals surface area contributed by atoms with E-state index in [9.17, 15) is 8.42 Å². The molecule has 94 valence electrons. The zero-order valence-electron chi connectivity index (χ0n) is 9.59. The van der Waals surface area contributed by atoms with Crippen LogP contribution in [0.4, 0.5) is 5.69 Å². The van der Waals surface area contributed by atoms with Crippen LogP contribution in [0, 0.1) is 6.92 Å². The molecule has 0 atom stereocenters. The summed E-state index contributed by atoms with van der Waals surface area (Å²) >= 11 is 5.71. The predicted molar refractivity (Wildman–Crippen MR) is 71.2 cm³/mol. The van der Waals surface area contributed by atoms with Crippen molar-refractivity contribution in [2.24, 2.45) is 0 Å². The first-order valence-corrected chi connectivity index (χ1v) is 7.05. The maximum Gasteiger partial charge on any atom is 0.262 e. The van der Waals surface area contributed by atoms with E-state index in [1.54, 1.807) is 37.3 Å². The lowest BCUT2D eigenvalue weighted by molar-refractivity contribution is 0.600. The van der Waals surface area contributed by atoms with E-state index in [1.165, 1.54) is 12.3 Å². The lowest BCUT2D eigenvalue weighted by Gasteiger charge is -2.09. The molecule has 2 rings (SSSR count). The van der Waals surface area contributed by atoms with Crippen molar-refractivity contribution < 1.29 is 8.42 Å². The fraction of sp³-hybridized carbons (Fsp3) is 0.0833. The summed E-state index contributed by atoms with van der Waals surface area (Å²) < 4.78 is 26.8. The van der Waals surface area contributed by atoms with Crippen molar-refractivity contribution in [2.45, 2.75) is 11.8 Å². The highest BCUT2D eigenvalue weighted by atomic mass is 35.5. The average molecular weight is 283 g/mol. The molecule has 0 aliphatic heterocycles. The van der Waals surface area contributed by atoms with Gasteiger partial charge in [-0.05, 0) is 30.7 Å². The van der Waals surface area contributed by atoms with Crippen molar-refractivity contribution >= 4 is 27.3 Å². The second kappa shape index (κ2) is 4.96. The molecule has 18 heavy (non-hydrogen) atoms. The molecule has 0 amide bonds. The molecule has 0 aliphatic carbocycles. The van der Waals surface area contributed by atoms with Crippen molar-refractivity contribution in [1.29, 1.82) is 0 Å². The first kappa shape index (κ1) is 12.9. The topological polar surface area (TPSA) is 59.1 Å². The molecule has 0 fully saturated rings. The summed E-state index contributed by atoms with van der Waals surface area (Å²) in [4.78, 5) is 4.04. The molecule has 1 heterocycles. The highest BCUT2D eigenvalue weighted by Crippen LogP contribution is 2.20. The highest BCUT2D eigenvalue weighted by molar-refractivity contribution is 7.92. The number of aromatic nitrogens is 1. The third-order valence-corrected chi connectivity index (χ3v) is 4.11. The summed E-state index contributed by atoms with van der Waals surface area (Å²) in [5.41, 5.74) is 1.07. The van der Waals surface area contributed by atoms with E-state index in [0.29, 0.717) is 11.3 Å². The van der Waals surface area contributed by atoms with Gasteiger partial charge in [0, 0.05) is 6.20 Å². The van der Waals surface area contributed by atoms with Crippen molar-refractivity contribution in [3.63, 3.8) is 0 Å². The molecule has 1 aromatic heterocycles. The van der Waals surface area contributed by atoms with E-state index in [2.05, 4.69) is 9.71 Å². The standard InChI is InChI=1S/C12H11ClN2O2S/c1-9-4-2-3-5-11(9)18(16,17)15-10-6-7-14-12(13)8-10/h2-8H,1H3,(H,14,15). The summed E-state index contributed by atoms with van der Waals surface area (Å²) in [5.74, 6) is 0. The number of rotatable bonds is 3. The number of aryl methyl sites for hydroxylation is 1. The van der Waals surface area contributed by atoms with Gasteiger partial charge in [-0.25, -0.2) is 13.4 Å². The Morgan fingerprint density at radius 1 is 1.22 bits per heavy atom. The highest BCUT2D eigenvalue weighted by Gasteiger charge is 2.16. The van der Waals surface area contributed by atoms with Gasteiger partial charge in [0.1, 0.15) is 5.15 Å². The average Bonchev–Trinajstić information content (AvgIpc) is 2.28. The number of halogens is 1. The molecule has 0 bridgehead atoms. The van der Waals surface area contributed by atoms with Crippen LogP contribution in [0.15, 0.2) is 47.5 Å². The zero-order chi connectivity index (χ0) is 13.2. The maximum atomic E-state index is 12.2. The minimum absolute atomic E-state index is 0.236. The van der Waals surface area contributed by atoms with Gasteiger partial charge in [-0.1, -0.05) is 29.8 Å².